The van der Waals surface area contributed by atoms with E-state index in [0.717, 1.165) is 44.5 Å². The number of hydrogen-bond donors (Lipinski definition) is 0. The van der Waals surface area contributed by atoms with E-state index < -0.39 is 0 Å². The van der Waals surface area contributed by atoms with Gasteiger partial charge in [0.1, 0.15) is 0 Å². The maximum Gasteiger partial charge on any atom is 0.164 e. The lowest BCUT2D eigenvalue weighted by atomic mass is 9.85. The fourth-order valence-electron chi connectivity index (χ4n) is 6.78. The van der Waals surface area contributed by atoms with Crippen molar-refractivity contribution >= 4 is 21.8 Å². The number of nitrogens with zero attached hydrogens (tertiary/aromatic N) is 5. The van der Waals surface area contributed by atoms with Crippen LogP contribution in [0.5, 0.6) is 0 Å². The predicted molar refractivity (Wildman–Crippen MR) is 211 cm³/mol. The van der Waals surface area contributed by atoms with Crippen LogP contribution in [0.15, 0.2) is 140 Å². The monoisotopic (exact) mass is 663 g/mol. The quantitative estimate of drug-likeness (QED) is 0.184. The van der Waals surface area contributed by atoms with E-state index in [1.54, 1.807) is 0 Å². The molecule has 5 aromatic carbocycles. The minimum absolute atomic E-state index is 0.0119. The summed E-state index contributed by atoms with van der Waals surface area (Å²) in [6.45, 7) is 13.7. The molecule has 51 heavy (non-hydrogen) atoms. The van der Waals surface area contributed by atoms with E-state index in [1.165, 1.54) is 21.9 Å². The molecule has 0 N–H and O–H groups in total. The van der Waals surface area contributed by atoms with Gasteiger partial charge >= 0.3 is 0 Å². The van der Waals surface area contributed by atoms with Crippen molar-refractivity contribution in [3.63, 3.8) is 0 Å². The Bertz CT molecular complexity index is 2390. The van der Waals surface area contributed by atoms with Gasteiger partial charge < -0.3 is 4.57 Å². The summed E-state index contributed by atoms with van der Waals surface area (Å²) < 4.78 is 2.42. The third-order valence-electron chi connectivity index (χ3n) is 9.68. The van der Waals surface area contributed by atoms with Crippen molar-refractivity contribution in [2.75, 3.05) is 0 Å². The molecule has 8 aromatic rings. The third-order valence-corrected chi connectivity index (χ3v) is 9.68. The topological polar surface area (TPSA) is 56.5 Å². The van der Waals surface area contributed by atoms with E-state index in [9.17, 15) is 0 Å². The highest BCUT2D eigenvalue weighted by molar-refractivity contribution is 6.10. The van der Waals surface area contributed by atoms with Gasteiger partial charge in [-0.05, 0) is 70.0 Å². The molecule has 8 rings (SSSR count). The lowest BCUT2D eigenvalue weighted by molar-refractivity contribution is 0.590. The van der Waals surface area contributed by atoms with Crippen LogP contribution in [0.4, 0.5) is 0 Å². The van der Waals surface area contributed by atoms with Crippen molar-refractivity contribution in [2.45, 2.75) is 52.4 Å². The molecule has 0 aliphatic heterocycles. The first-order valence-corrected chi connectivity index (χ1v) is 17.6. The van der Waals surface area contributed by atoms with Gasteiger partial charge in [0, 0.05) is 45.4 Å². The van der Waals surface area contributed by atoms with Gasteiger partial charge in [-0.2, -0.15) is 0 Å². The molecule has 0 saturated carbocycles. The molecule has 3 heterocycles. The van der Waals surface area contributed by atoms with Crippen LogP contribution in [-0.2, 0) is 10.8 Å². The highest BCUT2D eigenvalue weighted by Gasteiger charge is 2.23. The van der Waals surface area contributed by atoms with E-state index in [2.05, 4.69) is 118 Å². The molecule has 5 nitrogen and oxygen atoms in total. The van der Waals surface area contributed by atoms with E-state index in [-0.39, 0.29) is 10.8 Å². The zero-order valence-electron chi connectivity index (χ0n) is 30.0. The predicted octanol–water partition coefficient (Wildman–Crippen LogP) is 11.6. The molecule has 0 fully saturated rings. The molecule has 3 aromatic heterocycles. The number of rotatable bonds is 5. The first kappa shape index (κ1) is 32.3. The first-order chi connectivity index (χ1) is 24.5. The second-order valence-electron chi connectivity index (χ2n) is 15.3. The van der Waals surface area contributed by atoms with E-state index in [4.69, 9.17) is 15.0 Å². The van der Waals surface area contributed by atoms with Crippen LogP contribution in [0.1, 0.15) is 52.7 Å². The zero-order valence-corrected chi connectivity index (χ0v) is 30.0. The second-order valence-corrected chi connectivity index (χ2v) is 15.3. The molecule has 0 radical (unpaired) electrons. The average Bonchev–Trinajstić information content (AvgIpc) is 3.48. The Morgan fingerprint density at radius 1 is 0.431 bits per heavy atom. The van der Waals surface area contributed by atoms with Gasteiger partial charge in [0.2, 0.25) is 0 Å². The molecular weight excluding hydrogens is 623 g/mol. The highest BCUT2D eigenvalue weighted by atomic mass is 15.0. The van der Waals surface area contributed by atoms with Crippen molar-refractivity contribution < 1.29 is 0 Å². The van der Waals surface area contributed by atoms with Crippen LogP contribution in [0.25, 0.3) is 72.8 Å². The fourth-order valence-corrected chi connectivity index (χ4v) is 6.78. The van der Waals surface area contributed by atoms with Gasteiger partial charge in [0.15, 0.2) is 17.5 Å². The average molecular weight is 664 g/mol. The molecule has 0 aliphatic carbocycles. The van der Waals surface area contributed by atoms with Crippen molar-refractivity contribution in [1.82, 2.24) is 24.5 Å². The molecule has 0 saturated heterocycles. The molecule has 5 heteroatoms. The molecule has 0 aliphatic rings. The number of benzene rings is 5. The smallest absolute Gasteiger partial charge is 0.164 e. The summed E-state index contributed by atoms with van der Waals surface area (Å²) >= 11 is 0. The van der Waals surface area contributed by atoms with E-state index >= 15 is 0 Å². The maximum absolute atomic E-state index is 5.08. The van der Waals surface area contributed by atoms with Gasteiger partial charge in [0.05, 0.1) is 16.7 Å². The fraction of sp³-hybridized carbons (Fsp3) is 0.174. The number of hydrogen-bond acceptors (Lipinski definition) is 4. The molecule has 0 spiro atoms. The Morgan fingerprint density at radius 2 is 0.902 bits per heavy atom. The molecule has 0 unspecified atom stereocenters. The second kappa shape index (κ2) is 12.4. The van der Waals surface area contributed by atoms with E-state index in [1.807, 2.05) is 73.1 Å². The Labute approximate surface area is 299 Å². The largest absolute Gasteiger partial charge is 0.309 e. The van der Waals surface area contributed by atoms with Gasteiger partial charge in [-0.25, -0.2) is 15.0 Å². The summed E-state index contributed by atoms with van der Waals surface area (Å²) in [6, 6.07) is 44.9. The minimum Gasteiger partial charge on any atom is -0.309 e. The van der Waals surface area contributed by atoms with Crippen LogP contribution in [0.3, 0.4) is 0 Å². The zero-order chi connectivity index (χ0) is 35.3. The van der Waals surface area contributed by atoms with Crippen LogP contribution in [-0.4, -0.2) is 24.5 Å². The first-order valence-electron chi connectivity index (χ1n) is 17.6. The van der Waals surface area contributed by atoms with Crippen molar-refractivity contribution in [3.05, 3.63) is 151 Å². The SMILES string of the molecule is CC(C)(C)c1ccc2c(c1)c1cc(C(C)(C)C)ccc1n2-c1cc(-c2nc(-c3ccccc3)nc(-c3ccccc3)n2)ccc1-c1ccncc1. The molecule has 250 valence electrons. The van der Waals surface area contributed by atoms with Crippen LogP contribution in [0.2, 0.25) is 0 Å². The number of aromatic nitrogens is 5. The Balaban J connectivity index is 1.43. The lowest BCUT2D eigenvalue weighted by Crippen LogP contribution is -2.10. The summed E-state index contributed by atoms with van der Waals surface area (Å²) in [4.78, 5) is 19.4. The van der Waals surface area contributed by atoms with Gasteiger partial charge in [-0.3, -0.25) is 4.98 Å². The summed E-state index contributed by atoms with van der Waals surface area (Å²) in [5, 5.41) is 2.49. The summed E-state index contributed by atoms with van der Waals surface area (Å²) in [5.41, 5.74) is 11.0. The number of fused-ring (bicyclic) bond motifs is 3. The van der Waals surface area contributed by atoms with Crippen molar-refractivity contribution in [2.24, 2.45) is 0 Å². The van der Waals surface area contributed by atoms with Crippen molar-refractivity contribution in [3.8, 4) is 51.0 Å². The standard InChI is InChI=1S/C46H41N5/c1-45(2,3)34-18-21-39-37(28-34)38-29-35(46(4,5)6)19-22-40(38)51(39)41-27-33(17-20-36(41)30-23-25-47-26-24-30)44-49-42(31-13-9-7-10-14-31)48-43(50-44)32-15-11-8-12-16-32/h7-29H,1-6H3. The Morgan fingerprint density at radius 3 is 1.37 bits per heavy atom. The van der Waals surface area contributed by atoms with Crippen LogP contribution in [0, 0.1) is 0 Å². The Kier molecular flexibility index (Phi) is 7.87. The minimum atomic E-state index is 0.0119. The van der Waals surface area contributed by atoms with Crippen LogP contribution < -0.4 is 0 Å². The molecular formula is C46H41N5. The summed E-state index contributed by atoms with van der Waals surface area (Å²) in [5.74, 6) is 1.90. The summed E-state index contributed by atoms with van der Waals surface area (Å²) in [7, 11) is 0. The maximum atomic E-state index is 5.08. The van der Waals surface area contributed by atoms with Crippen LogP contribution >= 0.6 is 0 Å². The van der Waals surface area contributed by atoms with Gasteiger partial charge in [-0.15, -0.1) is 0 Å². The normalized spacial score (nSPS) is 12.1. The summed E-state index contributed by atoms with van der Waals surface area (Å²) in [6.07, 6.45) is 3.71. The molecule has 0 bridgehead atoms. The van der Waals surface area contributed by atoms with Gasteiger partial charge in [0.25, 0.3) is 0 Å². The molecule has 0 amide bonds. The lowest BCUT2D eigenvalue weighted by Gasteiger charge is -2.19. The molecule has 0 atom stereocenters. The van der Waals surface area contributed by atoms with E-state index in [0.29, 0.717) is 17.5 Å². The highest BCUT2D eigenvalue weighted by Crippen LogP contribution is 2.41. The third kappa shape index (κ3) is 6.10. The van der Waals surface area contributed by atoms with Gasteiger partial charge in [-0.1, -0.05) is 126 Å². The Hall–Kier alpha value is -5.94. The van der Waals surface area contributed by atoms with Crippen molar-refractivity contribution in [1.29, 1.82) is 0 Å². The number of pyridine rings is 1.